The lowest BCUT2D eigenvalue weighted by molar-refractivity contribution is -0.932. The summed E-state index contributed by atoms with van der Waals surface area (Å²) in [6.45, 7) is 14.8. The first kappa shape index (κ1) is 20.7. The lowest BCUT2D eigenvalue weighted by Gasteiger charge is -2.34. The fourth-order valence-corrected chi connectivity index (χ4v) is 4.52. The van der Waals surface area contributed by atoms with Gasteiger partial charge in [-0.25, -0.2) is 4.68 Å². The first-order valence-electron chi connectivity index (χ1n) is 10.9. The van der Waals surface area contributed by atoms with E-state index < -0.39 is 0 Å². The summed E-state index contributed by atoms with van der Waals surface area (Å²) >= 11 is 0. The van der Waals surface area contributed by atoms with E-state index in [1.165, 1.54) is 16.0 Å². The molecule has 0 unspecified atom stereocenters. The summed E-state index contributed by atoms with van der Waals surface area (Å²) in [7, 11) is 0. The number of pyridine rings is 1. The number of benzene rings is 1. The van der Waals surface area contributed by atoms with Crippen LogP contribution in [0.4, 0.5) is 0 Å². The van der Waals surface area contributed by atoms with Crippen LogP contribution in [0.15, 0.2) is 23.0 Å². The van der Waals surface area contributed by atoms with Gasteiger partial charge in [0.05, 0.1) is 24.2 Å². The molecule has 2 N–H and O–H groups in total. The van der Waals surface area contributed by atoms with Gasteiger partial charge in [-0.1, -0.05) is 6.92 Å². The van der Waals surface area contributed by atoms with Crippen molar-refractivity contribution in [1.29, 1.82) is 0 Å². The highest BCUT2D eigenvalue weighted by Gasteiger charge is 2.37. The molecule has 0 saturated carbocycles. The molecular formula is C23H33N6O+. The lowest BCUT2D eigenvalue weighted by atomic mass is 9.94. The van der Waals surface area contributed by atoms with E-state index in [4.69, 9.17) is 0 Å². The molecule has 1 aliphatic rings. The number of piperidine rings is 1. The van der Waals surface area contributed by atoms with E-state index in [9.17, 15) is 4.79 Å². The van der Waals surface area contributed by atoms with Crippen LogP contribution in [0.5, 0.6) is 0 Å². The van der Waals surface area contributed by atoms with Gasteiger partial charge in [0.25, 0.3) is 5.56 Å². The smallest absolute Gasteiger partial charge is 0.258 e. The van der Waals surface area contributed by atoms with Crippen molar-refractivity contribution in [3.63, 3.8) is 0 Å². The quantitative estimate of drug-likeness (QED) is 0.696. The molecule has 3 heterocycles. The molecule has 0 amide bonds. The topological polar surface area (TPSA) is 80.9 Å². The molecule has 1 aromatic carbocycles. The molecule has 1 fully saturated rings. The fraction of sp³-hybridized carbons (Fsp3) is 0.565. The number of aromatic amines is 1. The van der Waals surface area contributed by atoms with Crippen molar-refractivity contribution >= 4 is 10.9 Å². The number of aryl methyl sites for hydroxylation is 2. The number of aromatic nitrogens is 5. The molecule has 160 valence electrons. The zero-order chi connectivity index (χ0) is 21.6. The molecule has 0 spiro atoms. The fourth-order valence-electron chi connectivity index (χ4n) is 4.52. The van der Waals surface area contributed by atoms with Gasteiger partial charge in [-0.3, -0.25) is 4.79 Å². The third kappa shape index (κ3) is 3.78. The Morgan fingerprint density at radius 1 is 1.13 bits per heavy atom. The van der Waals surface area contributed by atoms with E-state index in [1.54, 1.807) is 0 Å². The first-order chi connectivity index (χ1) is 14.1. The Bertz CT molecular complexity index is 1110. The average Bonchev–Trinajstić information content (AvgIpc) is 3.15. The number of hydrogen-bond donors (Lipinski definition) is 2. The van der Waals surface area contributed by atoms with Gasteiger partial charge in [-0.2, -0.15) is 0 Å². The summed E-state index contributed by atoms with van der Waals surface area (Å²) in [6.07, 6.45) is 2.29. The summed E-state index contributed by atoms with van der Waals surface area (Å²) < 4.78 is 1.88. The van der Waals surface area contributed by atoms with Gasteiger partial charge in [0.2, 0.25) is 5.82 Å². The van der Waals surface area contributed by atoms with E-state index in [0.29, 0.717) is 5.92 Å². The van der Waals surface area contributed by atoms with Crippen molar-refractivity contribution in [2.75, 3.05) is 13.1 Å². The van der Waals surface area contributed by atoms with Crippen LogP contribution in [-0.2, 0) is 5.54 Å². The van der Waals surface area contributed by atoms with Gasteiger partial charge in [0.1, 0.15) is 0 Å². The van der Waals surface area contributed by atoms with Crippen molar-refractivity contribution in [2.24, 2.45) is 5.92 Å². The van der Waals surface area contributed by atoms with Gasteiger partial charge in [0, 0.05) is 5.52 Å². The minimum absolute atomic E-state index is 0.0506. The molecule has 1 saturated heterocycles. The van der Waals surface area contributed by atoms with E-state index in [1.807, 2.05) is 4.68 Å². The number of rotatable bonds is 3. The lowest BCUT2D eigenvalue weighted by Crippen LogP contribution is -3.13. The summed E-state index contributed by atoms with van der Waals surface area (Å²) in [5.41, 5.74) is 3.70. The second kappa shape index (κ2) is 7.61. The highest BCUT2D eigenvalue weighted by molar-refractivity contribution is 5.80. The third-order valence-electron chi connectivity index (χ3n) is 6.51. The number of tetrazole rings is 1. The van der Waals surface area contributed by atoms with E-state index in [-0.39, 0.29) is 17.1 Å². The Labute approximate surface area is 177 Å². The number of nitrogens with one attached hydrogen (secondary N) is 2. The van der Waals surface area contributed by atoms with Crippen molar-refractivity contribution in [2.45, 2.75) is 66.0 Å². The maximum atomic E-state index is 13.3. The SMILES string of the molecule is Cc1cc2cc([C@H](c3nnnn3C(C)(C)C)[NH+]3CCC(C)CC3)c(=O)[nH]c2cc1C. The monoisotopic (exact) mass is 409 g/mol. The summed E-state index contributed by atoms with van der Waals surface area (Å²) in [5.74, 6) is 1.48. The van der Waals surface area contributed by atoms with Crippen LogP contribution in [0.2, 0.25) is 0 Å². The second-order valence-corrected chi connectivity index (χ2v) is 9.97. The van der Waals surface area contributed by atoms with Crippen molar-refractivity contribution < 1.29 is 4.90 Å². The molecule has 30 heavy (non-hydrogen) atoms. The van der Waals surface area contributed by atoms with Gasteiger partial charge in [0.15, 0.2) is 6.04 Å². The van der Waals surface area contributed by atoms with Crippen LogP contribution < -0.4 is 10.5 Å². The maximum absolute atomic E-state index is 13.3. The van der Waals surface area contributed by atoms with Crippen molar-refractivity contribution in [3.8, 4) is 0 Å². The molecule has 4 rings (SSSR count). The van der Waals surface area contributed by atoms with Gasteiger partial charge in [-0.05, 0) is 98.5 Å². The highest BCUT2D eigenvalue weighted by atomic mass is 16.1. The van der Waals surface area contributed by atoms with Gasteiger partial charge in [-0.15, -0.1) is 5.10 Å². The summed E-state index contributed by atoms with van der Waals surface area (Å²) in [4.78, 5) is 17.8. The standard InChI is InChI=1S/C23H32N6O/c1-14-7-9-28(10-8-14)20(21-25-26-27-29(21)23(4,5)6)18-13-17-11-15(2)16(3)12-19(17)24-22(18)30/h11-14,20H,7-10H2,1-6H3,(H,24,30)/p+1/t20-/m1/s1. The Kier molecular flexibility index (Phi) is 5.26. The Morgan fingerprint density at radius 2 is 1.80 bits per heavy atom. The highest BCUT2D eigenvalue weighted by Crippen LogP contribution is 2.24. The molecule has 0 aliphatic carbocycles. The van der Waals surface area contributed by atoms with Crippen molar-refractivity contribution in [3.05, 3.63) is 51.1 Å². The van der Waals surface area contributed by atoms with Gasteiger partial charge >= 0.3 is 0 Å². The number of quaternary nitrogens is 1. The van der Waals surface area contributed by atoms with Crippen LogP contribution in [-0.4, -0.2) is 38.3 Å². The van der Waals surface area contributed by atoms with Crippen molar-refractivity contribution in [1.82, 2.24) is 25.2 Å². The van der Waals surface area contributed by atoms with E-state index >= 15 is 0 Å². The van der Waals surface area contributed by atoms with Gasteiger partial charge < -0.3 is 9.88 Å². The van der Waals surface area contributed by atoms with Crippen LogP contribution >= 0.6 is 0 Å². The van der Waals surface area contributed by atoms with E-state index in [2.05, 4.69) is 80.3 Å². The Morgan fingerprint density at radius 3 is 2.47 bits per heavy atom. The van der Waals surface area contributed by atoms with Crippen LogP contribution in [0, 0.1) is 19.8 Å². The molecule has 1 aliphatic heterocycles. The van der Waals surface area contributed by atoms with E-state index in [0.717, 1.165) is 48.2 Å². The number of likely N-dealkylation sites (tertiary alicyclic amines) is 1. The van der Waals surface area contributed by atoms with Crippen LogP contribution in [0.25, 0.3) is 10.9 Å². The molecule has 7 nitrogen and oxygen atoms in total. The number of fused-ring (bicyclic) bond motifs is 1. The largest absolute Gasteiger partial charge is 0.322 e. The number of H-pyrrole nitrogens is 1. The number of nitrogens with zero attached hydrogens (tertiary/aromatic N) is 4. The predicted molar refractivity (Wildman–Crippen MR) is 118 cm³/mol. The summed E-state index contributed by atoms with van der Waals surface area (Å²) in [6, 6.07) is 6.07. The third-order valence-corrected chi connectivity index (χ3v) is 6.51. The predicted octanol–water partition coefficient (Wildman–Crippen LogP) is 2.29. The molecular weight excluding hydrogens is 376 g/mol. The number of hydrogen-bond acceptors (Lipinski definition) is 4. The molecule has 0 radical (unpaired) electrons. The zero-order valence-corrected chi connectivity index (χ0v) is 18.9. The van der Waals surface area contributed by atoms with Crippen LogP contribution in [0.1, 0.15) is 69.1 Å². The molecule has 2 aromatic heterocycles. The zero-order valence-electron chi connectivity index (χ0n) is 18.9. The Hall–Kier alpha value is -2.54. The maximum Gasteiger partial charge on any atom is 0.258 e. The first-order valence-corrected chi connectivity index (χ1v) is 10.9. The minimum Gasteiger partial charge on any atom is -0.322 e. The summed E-state index contributed by atoms with van der Waals surface area (Å²) in [5, 5.41) is 13.8. The minimum atomic E-state index is -0.267. The molecule has 0 bridgehead atoms. The van der Waals surface area contributed by atoms with Crippen LogP contribution in [0.3, 0.4) is 0 Å². The molecule has 1 atom stereocenters. The normalized spacial score (nSPS) is 21.1. The Balaban J connectivity index is 1.90. The molecule has 7 heteroatoms. The molecule has 3 aromatic rings. The average molecular weight is 410 g/mol. The second-order valence-electron chi connectivity index (χ2n) is 9.97.